The summed E-state index contributed by atoms with van der Waals surface area (Å²) in [7, 11) is 0. The van der Waals surface area contributed by atoms with E-state index in [-0.39, 0.29) is 11.7 Å². The lowest BCUT2D eigenvalue weighted by Crippen LogP contribution is -2.28. The Balaban J connectivity index is 2.05. The first-order valence-corrected chi connectivity index (χ1v) is 5.09. The highest BCUT2D eigenvalue weighted by Crippen LogP contribution is 2.23. The average molecular weight is 205 g/mol. The fraction of sp³-hybridized carbons (Fsp3) is 0.417. The van der Waals surface area contributed by atoms with Gasteiger partial charge in [-0.05, 0) is 19.4 Å². The summed E-state index contributed by atoms with van der Waals surface area (Å²) < 4.78 is 5.22. The van der Waals surface area contributed by atoms with E-state index in [2.05, 4.69) is 0 Å². The molecule has 80 valence electrons. The molecule has 1 amide bonds. The van der Waals surface area contributed by atoms with Crippen LogP contribution in [0.15, 0.2) is 30.3 Å². The Morgan fingerprint density at radius 3 is 2.53 bits per heavy atom. The van der Waals surface area contributed by atoms with Gasteiger partial charge in [0.05, 0.1) is 6.54 Å². The largest absolute Gasteiger partial charge is 0.441 e. The molecule has 1 aliphatic rings. The van der Waals surface area contributed by atoms with Gasteiger partial charge in [0, 0.05) is 6.54 Å². The summed E-state index contributed by atoms with van der Waals surface area (Å²) in [6.07, 6.45) is -0.219. The van der Waals surface area contributed by atoms with Crippen LogP contribution in [0.3, 0.4) is 0 Å². The van der Waals surface area contributed by atoms with Crippen LogP contribution in [-0.2, 0) is 11.3 Å². The van der Waals surface area contributed by atoms with E-state index in [1.54, 1.807) is 4.90 Å². The van der Waals surface area contributed by atoms with Crippen LogP contribution in [-0.4, -0.2) is 23.1 Å². The highest BCUT2D eigenvalue weighted by atomic mass is 16.6. The smallest absolute Gasteiger partial charge is 0.410 e. The molecule has 1 heterocycles. The predicted molar refractivity (Wildman–Crippen MR) is 57.4 cm³/mol. The van der Waals surface area contributed by atoms with Gasteiger partial charge in [-0.2, -0.15) is 0 Å². The third-order valence-corrected chi connectivity index (χ3v) is 2.41. The van der Waals surface area contributed by atoms with E-state index in [1.165, 1.54) is 0 Å². The SMILES string of the molecule is CC1(C)CN(Cc2ccccc2)C(=O)O1. The zero-order valence-electron chi connectivity index (χ0n) is 9.06. The molecule has 15 heavy (non-hydrogen) atoms. The quantitative estimate of drug-likeness (QED) is 0.742. The summed E-state index contributed by atoms with van der Waals surface area (Å²) in [4.78, 5) is 13.2. The van der Waals surface area contributed by atoms with Crippen LogP contribution in [0.2, 0.25) is 0 Å². The van der Waals surface area contributed by atoms with Gasteiger partial charge in [0.1, 0.15) is 5.60 Å². The van der Waals surface area contributed by atoms with Gasteiger partial charge in [0.2, 0.25) is 0 Å². The van der Waals surface area contributed by atoms with E-state index in [9.17, 15) is 4.79 Å². The van der Waals surface area contributed by atoms with E-state index < -0.39 is 0 Å². The summed E-state index contributed by atoms with van der Waals surface area (Å²) in [5, 5.41) is 0. The molecule has 0 spiro atoms. The van der Waals surface area contributed by atoms with Crippen LogP contribution in [0.5, 0.6) is 0 Å². The van der Waals surface area contributed by atoms with Crippen molar-refractivity contribution in [1.29, 1.82) is 0 Å². The first kappa shape index (κ1) is 10.0. The molecule has 0 radical (unpaired) electrons. The molecule has 2 rings (SSSR count). The van der Waals surface area contributed by atoms with Crippen molar-refractivity contribution in [2.75, 3.05) is 6.54 Å². The molecule has 1 fully saturated rings. The number of hydrogen-bond donors (Lipinski definition) is 0. The Morgan fingerprint density at radius 2 is 2.00 bits per heavy atom. The third-order valence-electron chi connectivity index (χ3n) is 2.41. The molecule has 0 N–H and O–H groups in total. The maximum Gasteiger partial charge on any atom is 0.410 e. The van der Waals surface area contributed by atoms with Crippen molar-refractivity contribution < 1.29 is 9.53 Å². The zero-order chi connectivity index (χ0) is 10.9. The van der Waals surface area contributed by atoms with Gasteiger partial charge in [-0.1, -0.05) is 30.3 Å². The Labute approximate surface area is 89.7 Å². The fourth-order valence-electron chi connectivity index (χ4n) is 1.78. The lowest BCUT2D eigenvalue weighted by molar-refractivity contribution is 0.0858. The molecular weight excluding hydrogens is 190 g/mol. The molecule has 1 aromatic carbocycles. The predicted octanol–water partition coefficient (Wildman–Crippen LogP) is 2.42. The van der Waals surface area contributed by atoms with Gasteiger partial charge < -0.3 is 4.74 Å². The second kappa shape index (κ2) is 3.57. The van der Waals surface area contributed by atoms with Crippen LogP contribution in [0.1, 0.15) is 19.4 Å². The lowest BCUT2D eigenvalue weighted by atomic mass is 10.1. The summed E-state index contributed by atoms with van der Waals surface area (Å²) in [5.74, 6) is 0. The number of carbonyl (C=O) groups is 1. The van der Waals surface area contributed by atoms with Crippen LogP contribution >= 0.6 is 0 Å². The molecule has 3 heteroatoms. The summed E-state index contributed by atoms with van der Waals surface area (Å²) in [5.41, 5.74) is 0.776. The summed E-state index contributed by atoms with van der Waals surface area (Å²) in [6.45, 7) is 5.13. The molecule has 0 bridgehead atoms. The van der Waals surface area contributed by atoms with Crippen LogP contribution in [0, 0.1) is 0 Å². The Hall–Kier alpha value is -1.51. The van der Waals surface area contributed by atoms with Gasteiger partial charge >= 0.3 is 6.09 Å². The van der Waals surface area contributed by atoms with Crippen LogP contribution < -0.4 is 0 Å². The number of hydrogen-bond acceptors (Lipinski definition) is 2. The van der Waals surface area contributed by atoms with Crippen molar-refractivity contribution in [3.8, 4) is 0 Å². The van der Waals surface area contributed by atoms with Gasteiger partial charge in [-0.25, -0.2) is 4.79 Å². The second-order valence-corrected chi connectivity index (χ2v) is 4.47. The molecule has 0 aliphatic carbocycles. The molecule has 0 saturated carbocycles. The minimum atomic E-state index is -0.355. The molecule has 0 aromatic heterocycles. The van der Waals surface area contributed by atoms with E-state index >= 15 is 0 Å². The lowest BCUT2D eigenvalue weighted by Gasteiger charge is -2.15. The van der Waals surface area contributed by atoms with E-state index in [1.807, 2.05) is 44.2 Å². The molecular formula is C12H15NO2. The zero-order valence-corrected chi connectivity index (χ0v) is 9.06. The molecule has 3 nitrogen and oxygen atoms in total. The number of carbonyl (C=O) groups excluding carboxylic acids is 1. The van der Waals surface area contributed by atoms with Crippen molar-refractivity contribution in [1.82, 2.24) is 4.90 Å². The van der Waals surface area contributed by atoms with E-state index in [4.69, 9.17) is 4.74 Å². The Bertz CT molecular complexity index is 359. The Morgan fingerprint density at radius 1 is 1.33 bits per heavy atom. The monoisotopic (exact) mass is 205 g/mol. The van der Waals surface area contributed by atoms with Crippen molar-refractivity contribution in [2.45, 2.75) is 26.0 Å². The first-order valence-electron chi connectivity index (χ1n) is 5.09. The standard InChI is InChI=1S/C12H15NO2/c1-12(2)9-13(11(14)15-12)8-10-6-4-3-5-7-10/h3-7H,8-9H2,1-2H3. The number of benzene rings is 1. The van der Waals surface area contributed by atoms with Crippen molar-refractivity contribution in [3.05, 3.63) is 35.9 Å². The topological polar surface area (TPSA) is 29.5 Å². The fourth-order valence-corrected chi connectivity index (χ4v) is 1.78. The number of rotatable bonds is 2. The second-order valence-electron chi connectivity index (χ2n) is 4.47. The molecule has 0 atom stereocenters. The van der Waals surface area contributed by atoms with Gasteiger partial charge in [0.15, 0.2) is 0 Å². The van der Waals surface area contributed by atoms with Crippen LogP contribution in [0.25, 0.3) is 0 Å². The Kier molecular flexibility index (Phi) is 2.39. The van der Waals surface area contributed by atoms with E-state index in [0.29, 0.717) is 13.1 Å². The van der Waals surface area contributed by atoms with Crippen molar-refractivity contribution in [2.24, 2.45) is 0 Å². The highest BCUT2D eigenvalue weighted by Gasteiger charge is 2.37. The van der Waals surface area contributed by atoms with Crippen molar-refractivity contribution in [3.63, 3.8) is 0 Å². The van der Waals surface area contributed by atoms with Gasteiger partial charge in [-0.15, -0.1) is 0 Å². The molecule has 1 saturated heterocycles. The molecule has 0 unspecified atom stereocenters. The maximum atomic E-state index is 11.5. The minimum Gasteiger partial charge on any atom is -0.441 e. The molecule has 1 aliphatic heterocycles. The number of cyclic esters (lactones) is 1. The maximum absolute atomic E-state index is 11.5. The number of ether oxygens (including phenoxy) is 1. The third kappa shape index (κ3) is 2.29. The van der Waals surface area contributed by atoms with Crippen LogP contribution in [0.4, 0.5) is 4.79 Å². The first-order chi connectivity index (χ1) is 7.07. The molecule has 1 aromatic rings. The summed E-state index contributed by atoms with van der Waals surface area (Å²) >= 11 is 0. The minimum absolute atomic E-state index is 0.219. The van der Waals surface area contributed by atoms with Gasteiger partial charge in [0.25, 0.3) is 0 Å². The summed E-state index contributed by atoms with van der Waals surface area (Å²) in [6, 6.07) is 9.94. The van der Waals surface area contributed by atoms with Gasteiger partial charge in [-0.3, -0.25) is 4.90 Å². The number of amides is 1. The van der Waals surface area contributed by atoms with Crippen molar-refractivity contribution >= 4 is 6.09 Å². The normalized spacial score (nSPS) is 19.1. The van der Waals surface area contributed by atoms with E-state index in [0.717, 1.165) is 5.56 Å². The number of nitrogens with zero attached hydrogens (tertiary/aromatic N) is 1. The highest BCUT2D eigenvalue weighted by molar-refractivity contribution is 5.70. The average Bonchev–Trinajstić information content (AvgIpc) is 2.41.